The van der Waals surface area contributed by atoms with E-state index in [4.69, 9.17) is 9.26 Å². The molecule has 0 unspecified atom stereocenters. The number of rotatable bonds is 5. The first-order valence-corrected chi connectivity index (χ1v) is 9.27. The summed E-state index contributed by atoms with van der Waals surface area (Å²) in [7, 11) is 0. The summed E-state index contributed by atoms with van der Waals surface area (Å²) in [6.45, 7) is 5.57. The third kappa shape index (κ3) is 3.49. The zero-order chi connectivity index (χ0) is 15.5. The molecule has 0 spiro atoms. The van der Waals surface area contributed by atoms with Crippen molar-refractivity contribution < 1.29 is 14.1 Å². The molecule has 0 N–H and O–H groups in total. The average molecular weight is 324 g/mol. The molecule has 1 aromatic heterocycles. The summed E-state index contributed by atoms with van der Waals surface area (Å²) in [4.78, 5) is 14.8. The highest BCUT2D eigenvalue weighted by atomic mass is 32.2. The van der Waals surface area contributed by atoms with Crippen LogP contribution in [0.25, 0.3) is 0 Å². The van der Waals surface area contributed by atoms with Crippen LogP contribution in [0, 0.1) is 0 Å². The molecule has 2 aliphatic heterocycles. The Morgan fingerprint density at radius 2 is 2.36 bits per heavy atom. The van der Waals surface area contributed by atoms with Crippen molar-refractivity contribution in [3.63, 3.8) is 0 Å². The summed E-state index contributed by atoms with van der Waals surface area (Å²) in [6, 6.07) is 2.08. The molecule has 22 heavy (non-hydrogen) atoms. The van der Waals surface area contributed by atoms with Gasteiger partial charge in [-0.3, -0.25) is 4.79 Å². The summed E-state index contributed by atoms with van der Waals surface area (Å²) in [5.41, 5.74) is 0.834. The molecule has 3 heterocycles. The van der Waals surface area contributed by atoms with Gasteiger partial charge in [0.05, 0.1) is 11.8 Å². The van der Waals surface area contributed by atoms with Crippen LogP contribution < -0.4 is 0 Å². The van der Waals surface area contributed by atoms with Crippen LogP contribution in [0.15, 0.2) is 10.6 Å². The largest absolute Gasteiger partial charge is 0.376 e. The van der Waals surface area contributed by atoms with Gasteiger partial charge in [0, 0.05) is 31.0 Å². The highest BCUT2D eigenvalue weighted by molar-refractivity contribution is 7.99. The van der Waals surface area contributed by atoms with E-state index < -0.39 is 0 Å². The lowest BCUT2D eigenvalue weighted by Gasteiger charge is -2.29. The molecule has 0 radical (unpaired) electrons. The monoisotopic (exact) mass is 324 g/mol. The Balaban J connectivity index is 1.75. The maximum atomic E-state index is 12.9. The van der Waals surface area contributed by atoms with Gasteiger partial charge in [-0.15, -0.1) is 0 Å². The minimum absolute atomic E-state index is 0.0394. The Kier molecular flexibility index (Phi) is 5.08. The van der Waals surface area contributed by atoms with E-state index in [0.717, 1.165) is 43.1 Å². The smallest absolute Gasteiger partial charge is 0.292 e. The van der Waals surface area contributed by atoms with Crippen LogP contribution in [0.1, 0.15) is 55.3 Å². The van der Waals surface area contributed by atoms with Crippen LogP contribution in [0.5, 0.6) is 0 Å². The van der Waals surface area contributed by atoms with Gasteiger partial charge in [0.1, 0.15) is 0 Å². The van der Waals surface area contributed by atoms with Crippen LogP contribution in [0.3, 0.4) is 0 Å². The van der Waals surface area contributed by atoms with Crippen LogP contribution in [0.2, 0.25) is 0 Å². The number of nitrogens with zero attached hydrogens (tertiary/aromatic N) is 2. The molecule has 1 amide bonds. The highest BCUT2D eigenvalue weighted by Gasteiger charge is 2.33. The fourth-order valence-corrected chi connectivity index (χ4v) is 4.20. The van der Waals surface area contributed by atoms with Gasteiger partial charge in [-0.05, 0) is 30.9 Å². The second kappa shape index (κ2) is 7.04. The molecular formula is C16H24N2O3S. The zero-order valence-electron chi connectivity index (χ0n) is 13.3. The number of thioether (sulfide) groups is 1. The van der Waals surface area contributed by atoms with E-state index in [2.05, 4.69) is 5.16 Å². The minimum Gasteiger partial charge on any atom is -0.376 e. The maximum Gasteiger partial charge on any atom is 0.292 e. The molecule has 3 rings (SSSR count). The Labute approximate surface area is 135 Å². The third-order valence-corrected chi connectivity index (χ3v) is 5.51. The number of carbonyl (C=O) groups excluding carboxylic acids is 1. The molecule has 2 fully saturated rings. The normalized spacial score (nSPS) is 25.0. The first kappa shape index (κ1) is 15.9. The summed E-state index contributed by atoms with van der Waals surface area (Å²) in [6.07, 6.45) is 3.35. The molecule has 2 atom stereocenters. The van der Waals surface area contributed by atoms with Gasteiger partial charge in [-0.2, -0.15) is 11.8 Å². The maximum absolute atomic E-state index is 12.9. The predicted molar refractivity (Wildman–Crippen MR) is 86.3 cm³/mol. The SMILES string of the molecule is CC(C)c1cc(C(=O)N(C[C@H]2CCCO2)[C@@H]2CCSC2)on1. The molecule has 0 bridgehead atoms. The van der Waals surface area contributed by atoms with Crippen molar-refractivity contribution in [2.75, 3.05) is 24.7 Å². The van der Waals surface area contributed by atoms with Crippen molar-refractivity contribution in [2.24, 2.45) is 0 Å². The van der Waals surface area contributed by atoms with Gasteiger partial charge < -0.3 is 14.2 Å². The van der Waals surface area contributed by atoms with Crippen molar-refractivity contribution in [1.29, 1.82) is 0 Å². The van der Waals surface area contributed by atoms with Gasteiger partial charge >= 0.3 is 0 Å². The number of carbonyl (C=O) groups is 1. The molecule has 5 nitrogen and oxygen atoms in total. The number of hydrogen-bond acceptors (Lipinski definition) is 5. The quantitative estimate of drug-likeness (QED) is 0.833. The molecule has 2 aliphatic rings. The molecule has 6 heteroatoms. The van der Waals surface area contributed by atoms with Crippen LogP contribution in [-0.4, -0.2) is 52.8 Å². The van der Waals surface area contributed by atoms with E-state index >= 15 is 0 Å². The fraction of sp³-hybridized carbons (Fsp3) is 0.750. The van der Waals surface area contributed by atoms with E-state index in [9.17, 15) is 4.79 Å². The molecule has 2 saturated heterocycles. The average Bonchev–Trinajstić information content (AvgIpc) is 3.24. The number of amides is 1. The fourth-order valence-electron chi connectivity index (χ4n) is 2.98. The number of hydrogen-bond donors (Lipinski definition) is 0. The first-order chi connectivity index (χ1) is 10.6. The van der Waals surface area contributed by atoms with Gasteiger partial charge in [0.2, 0.25) is 5.76 Å². The second-order valence-corrected chi connectivity index (χ2v) is 7.53. The van der Waals surface area contributed by atoms with E-state index in [0.29, 0.717) is 12.3 Å². The molecular weight excluding hydrogens is 300 g/mol. The molecule has 122 valence electrons. The van der Waals surface area contributed by atoms with E-state index in [1.165, 1.54) is 0 Å². The second-order valence-electron chi connectivity index (χ2n) is 6.38. The minimum atomic E-state index is -0.0394. The summed E-state index contributed by atoms with van der Waals surface area (Å²) in [5.74, 6) is 2.71. The highest BCUT2D eigenvalue weighted by Crippen LogP contribution is 2.26. The first-order valence-electron chi connectivity index (χ1n) is 8.12. The van der Waals surface area contributed by atoms with Gasteiger partial charge in [0.15, 0.2) is 0 Å². The van der Waals surface area contributed by atoms with Crippen molar-refractivity contribution in [3.05, 3.63) is 17.5 Å². The van der Waals surface area contributed by atoms with E-state index in [1.807, 2.05) is 30.5 Å². The van der Waals surface area contributed by atoms with Gasteiger partial charge in [-0.25, -0.2) is 0 Å². The molecule has 0 aromatic carbocycles. The van der Waals surface area contributed by atoms with Crippen molar-refractivity contribution >= 4 is 17.7 Å². The summed E-state index contributed by atoms with van der Waals surface area (Å²) >= 11 is 1.91. The standard InChI is InChI=1S/C16H24N2O3S/c1-11(2)14-8-15(21-17-14)16(19)18(12-5-7-22-10-12)9-13-4-3-6-20-13/h8,11-13H,3-7,9-10H2,1-2H3/t12-,13-/m1/s1. The Morgan fingerprint density at radius 1 is 1.50 bits per heavy atom. The lowest BCUT2D eigenvalue weighted by molar-refractivity contribution is 0.0412. The van der Waals surface area contributed by atoms with Gasteiger partial charge in [0.25, 0.3) is 5.91 Å². The van der Waals surface area contributed by atoms with E-state index in [1.54, 1.807) is 6.07 Å². The van der Waals surface area contributed by atoms with Crippen LogP contribution in [-0.2, 0) is 4.74 Å². The lowest BCUT2D eigenvalue weighted by atomic mass is 10.1. The van der Waals surface area contributed by atoms with Crippen molar-refractivity contribution in [2.45, 2.75) is 51.2 Å². The Morgan fingerprint density at radius 3 is 2.95 bits per heavy atom. The van der Waals surface area contributed by atoms with E-state index in [-0.39, 0.29) is 24.0 Å². The Bertz CT molecular complexity index is 505. The zero-order valence-corrected chi connectivity index (χ0v) is 14.1. The summed E-state index contributed by atoms with van der Waals surface area (Å²) < 4.78 is 11.0. The van der Waals surface area contributed by atoms with Crippen LogP contribution >= 0.6 is 11.8 Å². The van der Waals surface area contributed by atoms with Crippen molar-refractivity contribution in [3.8, 4) is 0 Å². The van der Waals surface area contributed by atoms with Crippen LogP contribution in [0.4, 0.5) is 0 Å². The molecule has 0 aliphatic carbocycles. The lowest BCUT2D eigenvalue weighted by Crippen LogP contribution is -2.44. The molecule has 0 saturated carbocycles. The third-order valence-electron chi connectivity index (χ3n) is 4.36. The molecule has 1 aromatic rings. The summed E-state index contributed by atoms with van der Waals surface area (Å²) in [5, 5.41) is 4.02. The topological polar surface area (TPSA) is 55.6 Å². The van der Waals surface area contributed by atoms with Crippen molar-refractivity contribution in [1.82, 2.24) is 10.1 Å². The predicted octanol–water partition coefficient (Wildman–Crippen LogP) is 2.92. The Hall–Kier alpha value is -1.01. The van der Waals surface area contributed by atoms with Gasteiger partial charge in [-0.1, -0.05) is 19.0 Å². The number of ether oxygens (including phenoxy) is 1. The number of aromatic nitrogens is 1.